The summed E-state index contributed by atoms with van der Waals surface area (Å²) in [6, 6.07) is 11.3. The number of amides is 1. The fourth-order valence-electron chi connectivity index (χ4n) is 1.93. The van der Waals surface area contributed by atoms with Crippen molar-refractivity contribution in [2.24, 2.45) is 0 Å². The highest BCUT2D eigenvalue weighted by Gasteiger charge is 2.14. The van der Waals surface area contributed by atoms with E-state index < -0.39 is 0 Å². The van der Waals surface area contributed by atoms with Gasteiger partial charge in [-0.05, 0) is 30.5 Å². The van der Waals surface area contributed by atoms with Gasteiger partial charge in [-0.1, -0.05) is 18.2 Å². The van der Waals surface area contributed by atoms with Crippen LogP contribution in [0.3, 0.4) is 0 Å². The molecular weight excluding hydrogens is 316 g/mol. The number of thiophene rings is 1. The van der Waals surface area contributed by atoms with Gasteiger partial charge in [-0.3, -0.25) is 4.79 Å². The molecule has 0 spiro atoms. The third-order valence-electron chi connectivity index (χ3n) is 2.90. The lowest BCUT2D eigenvalue weighted by atomic mass is 10.3. The van der Waals surface area contributed by atoms with Gasteiger partial charge in [-0.25, -0.2) is 4.98 Å². The number of thiazole rings is 1. The van der Waals surface area contributed by atoms with E-state index in [4.69, 9.17) is 4.74 Å². The molecule has 0 saturated carbocycles. The molecule has 1 N–H and O–H groups in total. The summed E-state index contributed by atoms with van der Waals surface area (Å²) in [5.41, 5.74) is 1.07. The number of aromatic nitrogens is 1. The lowest BCUT2D eigenvalue weighted by Crippen LogP contribution is -2.13. The molecule has 22 heavy (non-hydrogen) atoms. The topological polar surface area (TPSA) is 51.2 Å². The molecule has 112 valence electrons. The van der Waals surface area contributed by atoms with Crippen LogP contribution >= 0.6 is 22.7 Å². The number of hydrogen-bond donors (Lipinski definition) is 1. The van der Waals surface area contributed by atoms with Crippen molar-refractivity contribution in [3.63, 3.8) is 0 Å². The van der Waals surface area contributed by atoms with Crippen molar-refractivity contribution in [2.75, 3.05) is 11.9 Å². The van der Waals surface area contributed by atoms with E-state index in [1.165, 1.54) is 11.3 Å². The van der Waals surface area contributed by atoms with E-state index in [0.717, 1.165) is 9.88 Å². The maximum Gasteiger partial charge on any atom is 0.275 e. The number of benzene rings is 1. The summed E-state index contributed by atoms with van der Waals surface area (Å²) >= 11 is 3.08. The standard InChI is InChI=1S/C16H14N2O2S2/c1-2-20-13-7-4-3-6-11(13)17-15(19)12-10-22-16(18-12)14-8-5-9-21-14/h3-10H,2H2,1H3,(H,17,19). The highest BCUT2D eigenvalue weighted by atomic mass is 32.1. The average molecular weight is 330 g/mol. The molecule has 0 unspecified atom stereocenters. The zero-order valence-corrected chi connectivity index (χ0v) is 13.5. The van der Waals surface area contributed by atoms with E-state index in [1.807, 2.05) is 48.7 Å². The van der Waals surface area contributed by atoms with Crippen LogP contribution in [-0.4, -0.2) is 17.5 Å². The van der Waals surface area contributed by atoms with E-state index in [0.29, 0.717) is 23.7 Å². The Morgan fingerprint density at radius 3 is 2.86 bits per heavy atom. The summed E-state index contributed by atoms with van der Waals surface area (Å²) < 4.78 is 5.51. The van der Waals surface area contributed by atoms with Crippen LogP contribution in [-0.2, 0) is 0 Å². The van der Waals surface area contributed by atoms with Gasteiger partial charge in [-0.15, -0.1) is 22.7 Å². The molecule has 4 nitrogen and oxygen atoms in total. The Morgan fingerprint density at radius 1 is 1.23 bits per heavy atom. The molecule has 0 bridgehead atoms. The average Bonchev–Trinajstić information content (AvgIpc) is 3.20. The van der Waals surface area contributed by atoms with Gasteiger partial charge >= 0.3 is 0 Å². The van der Waals surface area contributed by atoms with Crippen LogP contribution in [0.2, 0.25) is 0 Å². The van der Waals surface area contributed by atoms with Gasteiger partial charge in [0, 0.05) is 5.38 Å². The molecule has 1 aromatic carbocycles. The number of nitrogens with one attached hydrogen (secondary N) is 1. The van der Waals surface area contributed by atoms with Crippen molar-refractivity contribution in [3.05, 3.63) is 52.9 Å². The third-order valence-corrected chi connectivity index (χ3v) is 4.79. The summed E-state index contributed by atoms with van der Waals surface area (Å²) in [5, 5.41) is 7.48. The zero-order chi connectivity index (χ0) is 15.4. The first-order valence-corrected chi connectivity index (χ1v) is 8.56. The number of hydrogen-bond acceptors (Lipinski definition) is 5. The molecule has 2 aromatic heterocycles. The van der Waals surface area contributed by atoms with Gasteiger partial charge in [0.2, 0.25) is 0 Å². The van der Waals surface area contributed by atoms with Gasteiger partial charge in [0.15, 0.2) is 0 Å². The summed E-state index contributed by atoms with van der Waals surface area (Å²) in [7, 11) is 0. The van der Waals surface area contributed by atoms with Crippen LogP contribution in [0, 0.1) is 0 Å². The Bertz CT molecular complexity index is 766. The highest BCUT2D eigenvalue weighted by Crippen LogP contribution is 2.29. The van der Waals surface area contributed by atoms with Crippen LogP contribution in [0.5, 0.6) is 5.75 Å². The Kier molecular flexibility index (Phi) is 4.50. The number of carbonyl (C=O) groups is 1. The second-order valence-electron chi connectivity index (χ2n) is 4.40. The SMILES string of the molecule is CCOc1ccccc1NC(=O)c1csc(-c2cccs2)n1. The minimum atomic E-state index is -0.230. The number of anilines is 1. The lowest BCUT2D eigenvalue weighted by molar-refractivity contribution is 0.102. The van der Waals surface area contributed by atoms with Crippen molar-refractivity contribution in [1.29, 1.82) is 0 Å². The second kappa shape index (κ2) is 6.72. The quantitative estimate of drug-likeness (QED) is 0.748. The Hall–Kier alpha value is -2.18. The fraction of sp³-hybridized carbons (Fsp3) is 0.125. The Morgan fingerprint density at radius 2 is 2.09 bits per heavy atom. The molecule has 6 heteroatoms. The minimum absolute atomic E-state index is 0.230. The molecule has 3 rings (SSSR count). The van der Waals surface area contributed by atoms with Crippen molar-refractivity contribution in [1.82, 2.24) is 4.98 Å². The number of rotatable bonds is 5. The molecule has 3 aromatic rings. The normalized spacial score (nSPS) is 10.4. The van der Waals surface area contributed by atoms with E-state index in [9.17, 15) is 4.79 Å². The van der Waals surface area contributed by atoms with E-state index >= 15 is 0 Å². The zero-order valence-electron chi connectivity index (χ0n) is 11.9. The number of carbonyl (C=O) groups excluding carboxylic acids is 1. The van der Waals surface area contributed by atoms with Crippen LogP contribution in [0.15, 0.2) is 47.2 Å². The fourth-order valence-corrected chi connectivity index (χ4v) is 3.54. The number of nitrogens with zero attached hydrogens (tertiary/aromatic N) is 1. The van der Waals surface area contributed by atoms with Gasteiger partial charge in [-0.2, -0.15) is 0 Å². The maximum absolute atomic E-state index is 12.3. The van der Waals surface area contributed by atoms with Gasteiger partial charge < -0.3 is 10.1 Å². The van der Waals surface area contributed by atoms with Crippen molar-refractivity contribution in [3.8, 4) is 15.6 Å². The van der Waals surface area contributed by atoms with E-state index in [2.05, 4.69) is 10.3 Å². The third kappa shape index (κ3) is 3.18. The molecule has 0 aliphatic rings. The number of ether oxygens (including phenoxy) is 1. The molecule has 0 saturated heterocycles. The minimum Gasteiger partial charge on any atom is -0.492 e. The highest BCUT2D eigenvalue weighted by molar-refractivity contribution is 7.20. The van der Waals surface area contributed by atoms with Gasteiger partial charge in [0.05, 0.1) is 17.2 Å². The molecule has 0 aliphatic heterocycles. The van der Waals surface area contributed by atoms with E-state index in [-0.39, 0.29) is 5.91 Å². The lowest BCUT2D eigenvalue weighted by Gasteiger charge is -2.10. The van der Waals surface area contributed by atoms with Crippen LogP contribution in [0.4, 0.5) is 5.69 Å². The summed E-state index contributed by atoms with van der Waals surface area (Å²) in [6.45, 7) is 2.46. The monoisotopic (exact) mass is 330 g/mol. The van der Waals surface area contributed by atoms with Crippen molar-refractivity contribution < 1.29 is 9.53 Å². The largest absolute Gasteiger partial charge is 0.492 e. The van der Waals surface area contributed by atoms with Crippen LogP contribution in [0.1, 0.15) is 17.4 Å². The number of para-hydroxylation sites is 2. The Balaban J connectivity index is 1.78. The van der Waals surface area contributed by atoms with Crippen molar-refractivity contribution in [2.45, 2.75) is 6.92 Å². The first-order chi connectivity index (χ1) is 10.8. The molecule has 0 atom stereocenters. The predicted octanol–water partition coefficient (Wildman–Crippen LogP) is 4.52. The first-order valence-electron chi connectivity index (χ1n) is 6.80. The first kappa shape index (κ1) is 14.7. The smallest absolute Gasteiger partial charge is 0.275 e. The molecular formula is C16H14N2O2S2. The predicted molar refractivity (Wildman–Crippen MR) is 91.0 cm³/mol. The van der Waals surface area contributed by atoms with Crippen molar-refractivity contribution >= 4 is 34.3 Å². The molecule has 2 heterocycles. The van der Waals surface area contributed by atoms with Gasteiger partial charge in [0.1, 0.15) is 16.5 Å². The summed E-state index contributed by atoms with van der Waals surface area (Å²) in [6.07, 6.45) is 0. The second-order valence-corrected chi connectivity index (χ2v) is 6.20. The molecule has 0 radical (unpaired) electrons. The van der Waals surface area contributed by atoms with Crippen LogP contribution in [0.25, 0.3) is 9.88 Å². The molecule has 0 fully saturated rings. The Labute approximate surface area is 136 Å². The summed E-state index contributed by atoms with van der Waals surface area (Å²) in [4.78, 5) is 17.8. The maximum atomic E-state index is 12.3. The van der Waals surface area contributed by atoms with Gasteiger partial charge in [0.25, 0.3) is 5.91 Å². The molecule has 1 amide bonds. The molecule has 0 aliphatic carbocycles. The van der Waals surface area contributed by atoms with E-state index in [1.54, 1.807) is 16.7 Å². The van der Waals surface area contributed by atoms with Crippen LogP contribution < -0.4 is 10.1 Å². The summed E-state index contributed by atoms with van der Waals surface area (Å²) in [5.74, 6) is 0.429.